The Bertz CT molecular complexity index is 370. The molecule has 0 bridgehead atoms. The van der Waals surface area contributed by atoms with Crippen LogP contribution in [0.2, 0.25) is 0 Å². The Hall–Kier alpha value is -1.69. The standard InChI is InChI=1S/C10H12FNO4/c1-2-15-3-4-16-9-8(10(13)14)5-7(11)6-12-9/h5-6H,2-4H2,1H3,(H,13,14). The molecule has 88 valence electrons. The zero-order valence-corrected chi connectivity index (χ0v) is 8.77. The van der Waals surface area contributed by atoms with Crippen LogP contribution < -0.4 is 4.74 Å². The molecule has 0 unspecified atom stereocenters. The Morgan fingerprint density at radius 2 is 2.31 bits per heavy atom. The molecule has 0 aliphatic rings. The van der Waals surface area contributed by atoms with E-state index in [4.69, 9.17) is 14.6 Å². The van der Waals surface area contributed by atoms with E-state index in [0.717, 1.165) is 12.3 Å². The van der Waals surface area contributed by atoms with Crippen molar-refractivity contribution >= 4 is 5.97 Å². The molecule has 0 fully saturated rings. The van der Waals surface area contributed by atoms with Crippen molar-refractivity contribution in [1.82, 2.24) is 4.98 Å². The molecule has 1 aromatic heterocycles. The third-order valence-electron chi connectivity index (χ3n) is 1.72. The summed E-state index contributed by atoms with van der Waals surface area (Å²) in [5.74, 6) is -2.10. The first-order valence-corrected chi connectivity index (χ1v) is 4.74. The fourth-order valence-electron chi connectivity index (χ4n) is 1.04. The highest BCUT2D eigenvalue weighted by atomic mass is 19.1. The van der Waals surface area contributed by atoms with Gasteiger partial charge in [-0.25, -0.2) is 14.2 Å². The minimum atomic E-state index is -1.28. The van der Waals surface area contributed by atoms with Crippen molar-refractivity contribution in [2.75, 3.05) is 19.8 Å². The number of carbonyl (C=O) groups is 1. The number of rotatable bonds is 6. The van der Waals surface area contributed by atoms with E-state index in [1.807, 2.05) is 6.92 Å². The Morgan fingerprint density at radius 3 is 2.94 bits per heavy atom. The smallest absolute Gasteiger partial charge is 0.341 e. The Labute approximate surface area is 91.8 Å². The largest absolute Gasteiger partial charge is 0.477 e. The predicted octanol–water partition coefficient (Wildman–Crippen LogP) is 1.33. The number of pyridine rings is 1. The van der Waals surface area contributed by atoms with E-state index in [9.17, 15) is 9.18 Å². The molecule has 0 aliphatic carbocycles. The second-order valence-corrected chi connectivity index (χ2v) is 2.86. The molecule has 1 heterocycles. The van der Waals surface area contributed by atoms with Gasteiger partial charge in [-0.1, -0.05) is 0 Å². The summed E-state index contributed by atoms with van der Waals surface area (Å²) in [5.41, 5.74) is -0.295. The summed E-state index contributed by atoms with van der Waals surface area (Å²) in [6.45, 7) is 2.88. The summed E-state index contributed by atoms with van der Waals surface area (Å²) in [6, 6.07) is 0.866. The summed E-state index contributed by atoms with van der Waals surface area (Å²) in [4.78, 5) is 14.3. The molecule has 16 heavy (non-hydrogen) atoms. The Morgan fingerprint density at radius 1 is 1.56 bits per heavy atom. The lowest BCUT2D eigenvalue weighted by Crippen LogP contribution is -2.11. The van der Waals surface area contributed by atoms with Crippen LogP contribution in [0.4, 0.5) is 4.39 Å². The number of hydrogen-bond acceptors (Lipinski definition) is 4. The van der Waals surface area contributed by atoms with Gasteiger partial charge in [0.25, 0.3) is 0 Å². The molecular formula is C10H12FNO4. The van der Waals surface area contributed by atoms with Crippen LogP contribution in [-0.2, 0) is 4.74 Å². The first-order valence-electron chi connectivity index (χ1n) is 4.74. The highest BCUT2D eigenvalue weighted by Gasteiger charge is 2.13. The number of carboxylic acid groups (broad SMARTS) is 1. The minimum absolute atomic E-state index is 0.103. The van der Waals surface area contributed by atoms with Crippen LogP contribution in [-0.4, -0.2) is 35.9 Å². The van der Waals surface area contributed by atoms with Gasteiger partial charge in [-0.2, -0.15) is 0 Å². The van der Waals surface area contributed by atoms with Crippen LogP contribution in [0, 0.1) is 5.82 Å². The second-order valence-electron chi connectivity index (χ2n) is 2.86. The summed E-state index contributed by atoms with van der Waals surface area (Å²) >= 11 is 0. The third kappa shape index (κ3) is 3.47. The van der Waals surface area contributed by atoms with E-state index in [0.29, 0.717) is 13.2 Å². The van der Waals surface area contributed by atoms with E-state index in [-0.39, 0.29) is 18.1 Å². The predicted molar refractivity (Wildman–Crippen MR) is 53.1 cm³/mol. The molecular weight excluding hydrogens is 217 g/mol. The molecule has 0 atom stereocenters. The van der Waals surface area contributed by atoms with Crippen molar-refractivity contribution in [3.63, 3.8) is 0 Å². The first-order chi connectivity index (χ1) is 7.65. The minimum Gasteiger partial charge on any atom is -0.477 e. The van der Waals surface area contributed by atoms with E-state index >= 15 is 0 Å². The van der Waals surface area contributed by atoms with Gasteiger partial charge in [0.1, 0.15) is 18.0 Å². The lowest BCUT2D eigenvalue weighted by Gasteiger charge is -2.07. The fraction of sp³-hybridized carbons (Fsp3) is 0.400. The van der Waals surface area contributed by atoms with E-state index in [1.54, 1.807) is 0 Å². The molecule has 0 spiro atoms. The van der Waals surface area contributed by atoms with Gasteiger partial charge in [-0.05, 0) is 13.0 Å². The zero-order valence-electron chi connectivity index (χ0n) is 8.77. The van der Waals surface area contributed by atoms with E-state index in [1.165, 1.54) is 0 Å². The van der Waals surface area contributed by atoms with Gasteiger partial charge in [0.2, 0.25) is 5.88 Å². The third-order valence-corrected chi connectivity index (χ3v) is 1.72. The topological polar surface area (TPSA) is 68.7 Å². The number of aromatic carboxylic acids is 1. The number of ether oxygens (including phenoxy) is 2. The van der Waals surface area contributed by atoms with Crippen molar-refractivity contribution in [2.45, 2.75) is 6.92 Å². The monoisotopic (exact) mass is 229 g/mol. The molecule has 0 aliphatic heterocycles. The molecule has 0 aromatic carbocycles. The lowest BCUT2D eigenvalue weighted by atomic mass is 10.3. The molecule has 1 N–H and O–H groups in total. The molecule has 5 nitrogen and oxygen atoms in total. The summed E-state index contributed by atoms with van der Waals surface area (Å²) in [5, 5.41) is 8.77. The molecule has 6 heteroatoms. The van der Waals surface area contributed by atoms with Gasteiger partial charge in [0.15, 0.2) is 0 Å². The van der Waals surface area contributed by atoms with Crippen LogP contribution in [0.15, 0.2) is 12.3 Å². The summed E-state index contributed by atoms with van der Waals surface area (Å²) < 4.78 is 22.8. The van der Waals surface area contributed by atoms with Crippen molar-refractivity contribution in [2.24, 2.45) is 0 Å². The van der Waals surface area contributed by atoms with Crippen molar-refractivity contribution < 1.29 is 23.8 Å². The molecule has 1 aromatic rings. The number of carboxylic acids is 1. The number of halogens is 1. The average Bonchev–Trinajstić information content (AvgIpc) is 2.26. The van der Waals surface area contributed by atoms with Crippen molar-refractivity contribution in [3.05, 3.63) is 23.6 Å². The highest BCUT2D eigenvalue weighted by molar-refractivity contribution is 5.90. The SMILES string of the molecule is CCOCCOc1ncc(F)cc1C(=O)O. The number of hydrogen-bond donors (Lipinski definition) is 1. The summed E-state index contributed by atoms with van der Waals surface area (Å²) in [7, 11) is 0. The van der Waals surface area contributed by atoms with Gasteiger partial charge < -0.3 is 14.6 Å². The van der Waals surface area contributed by atoms with Crippen molar-refractivity contribution in [1.29, 1.82) is 0 Å². The second kappa shape index (κ2) is 6.02. The molecule has 0 saturated carbocycles. The van der Waals surface area contributed by atoms with E-state index in [2.05, 4.69) is 4.98 Å². The molecule has 0 radical (unpaired) electrons. The fourth-order valence-corrected chi connectivity index (χ4v) is 1.04. The maximum atomic E-state index is 12.7. The Balaban J connectivity index is 2.67. The maximum Gasteiger partial charge on any atom is 0.341 e. The number of aromatic nitrogens is 1. The zero-order chi connectivity index (χ0) is 12.0. The van der Waals surface area contributed by atoms with E-state index < -0.39 is 11.8 Å². The van der Waals surface area contributed by atoms with Crippen molar-refractivity contribution in [3.8, 4) is 5.88 Å². The normalized spacial score (nSPS) is 10.1. The van der Waals surface area contributed by atoms with Gasteiger partial charge >= 0.3 is 5.97 Å². The maximum absolute atomic E-state index is 12.7. The van der Waals surface area contributed by atoms with Crippen LogP contribution in [0.3, 0.4) is 0 Å². The van der Waals surface area contributed by atoms with Gasteiger partial charge in [0.05, 0.1) is 12.8 Å². The number of nitrogens with zero attached hydrogens (tertiary/aromatic N) is 1. The Kier molecular flexibility index (Phi) is 4.65. The highest BCUT2D eigenvalue weighted by Crippen LogP contribution is 2.15. The van der Waals surface area contributed by atoms with Gasteiger partial charge in [0, 0.05) is 6.61 Å². The van der Waals surface area contributed by atoms with Gasteiger partial charge in [-0.3, -0.25) is 0 Å². The molecule has 1 rings (SSSR count). The summed E-state index contributed by atoms with van der Waals surface area (Å²) in [6.07, 6.45) is 0.905. The molecule has 0 saturated heterocycles. The average molecular weight is 229 g/mol. The first kappa shape index (κ1) is 12.4. The van der Waals surface area contributed by atoms with Crippen LogP contribution >= 0.6 is 0 Å². The van der Waals surface area contributed by atoms with Crippen LogP contribution in [0.25, 0.3) is 0 Å². The van der Waals surface area contributed by atoms with Crippen LogP contribution in [0.5, 0.6) is 5.88 Å². The quantitative estimate of drug-likeness (QED) is 0.745. The lowest BCUT2D eigenvalue weighted by molar-refractivity contribution is 0.0684. The van der Waals surface area contributed by atoms with Gasteiger partial charge in [-0.15, -0.1) is 0 Å². The molecule has 0 amide bonds. The van der Waals surface area contributed by atoms with Crippen LogP contribution in [0.1, 0.15) is 17.3 Å².